The Balaban J connectivity index is 1.93. The second-order valence-corrected chi connectivity index (χ2v) is 5.30. The molecule has 0 spiro atoms. The Morgan fingerprint density at radius 1 is 1.26 bits per heavy atom. The topological polar surface area (TPSA) is 66.8 Å². The lowest BCUT2D eigenvalue weighted by atomic mass is 10.1. The minimum absolute atomic E-state index is 0.168. The van der Waals surface area contributed by atoms with E-state index < -0.39 is 17.9 Å². The van der Waals surface area contributed by atoms with Crippen molar-refractivity contribution in [1.82, 2.24) is 0 Å². The second kappa shape index (κ2) is 5.72. The van der Waals surface area contributed by atoms with Gasteiger partial charge < -0.3 is 14.7 Å². The van der Waals surface area contributed by atoms with E-state index >= 15 is 0 Å². The molecular weight excluding hydrogens is 301 g/mol. The van der Waals surface area contributed by atoms with E-state index in [2.05, 4.69) is 0 Å². The average Bonchev–Trinajstić information content (AvgIpc) is 2.53. The van der Waals surface area contributed by atoms with Crippen molar-refractivity contribution in [2.75, 3.05) is 4.90 Å². The number of hydrogen-bond acceptors (Lipinski definition) is 3. The SMILES string of the molecule is C[C@@H]1Oc2ccc(F)cc2N(Cc2ccc(C(=O)O)cc2)C1=O. The molecule has 3 rings (SSSR count). The van der Waals surface area contributed by atoms with Crippen molar-refractivity contribution in [3.05, 3.63) is 59.4 Å². The van der Waals surface area contributed by atoms with Crippen LogP contribution in [0.3, 0.4) is 0 Å². The van der Waals surface area contributed by atoms with E-state index in [1.54, 1.807) is 19.1 Å². The van der Waals surface area contributed by atoms with Crippen molar-refractivity contribution < 1.29 is 23.8 Å². The molecular formula is C17H14FNO4. The molecule has 2 aromatic rings. The summed E-state index contributed by atoms with van der Waals surface area (Å²) in [7, 11) is 0. The summed E-state index contributed by atoms with van der Waals surface area (Å²) in [4.78, 5) is 24.7. The van der Waals surface area contributed by atoms with Crippen LogP contribution < -0.4 is 9.64 Å². The van der Waals surface area contributed by atoms with Gasteiger partial charge in [0.2, 0.25) is 0 Å². The van der Waals surface area contributed by atoms with Crippen molar-refractivity contribution >= 4 is 17.6 Å². The number of carboxylic acids is 1. The average molecular weight is 315 g/mol. The summed E-state index contributed by atoms with van der Waals surface area (Å²) in [5.41, 5.74) is 1.28. The van der Waals surface area contributed by atoms with E-state index in [1.165, 1.54) is 35.2 Å². The van der Waals surface area contributed by atoms with E-state index in [9.17, 15) is 14.0 Å². The molecule has 23 heavy (non-hydrogen) atoms. The molecule has 0 saturated heterocycles. The van der Waals surface area contributed by atoms with Gasteiger partial charge in [-0.1, -0.05) is 12.1 Å². The summed E-state index contributed by atoms with van der Waals surface area (Å²) in [6.07, 6.45) is -0.661. The summed E-state index contributed by atoms with van der Waals surface area (Å²) in [6.45, 7) is 1.85. The van der Waals surface area contributed by atoms with E-state index in [0.717, 1.165) is 5.56 Å². The summed E-state index contributed by atoms with van der Waals surface area (Å²) in [5, 5.41) is 8.91. The van der Waals surface area contributed by atoms with Crippen molar-refractivity contribution in [2.45, 2.75) is 19.6 Å². The molecule has 1 aliphatic rings. The first kappa shape index (κ1) is 15.0. The van der Waals surface area contributed by atoms with Crippen molar-refractivity contribution in [1.29, 1.82) is 0 Å². The minimum atomic E-state index is -1.01. The van der Waals surface area contributed by atoms with Gasteiger partial charge in [0.25, 0.3) is 5.91 Å². The molecule has 0 saturated carbocycles. The molecule has 1 heterocycles. The lowest BCUT2D eigenvalue weighted by molar-refractivity contribution is -0.125. The van der Waals surface area contributed by atoms with Crippen LogP contribution in [0.25, 0.3) is 0 Å². The smallest absolute Gasteiger partial charge is 0.335 e. The predicted octanol–water partition coefficient (Wildman–Crippen LogP) is 2.84. The molecule has 1 N–H and O–H groups in total. The Bertz CT molecular complexity index is 773. The molecule has 2 aromatic carbocycles. The van der Waals surface area contributed by atoms with Gasteiger partial charge in [-0.2, -0.15) is 0 Å². The van der Waals surface area contributed by atoms with Gasteiger partial charge in [0, 0.05) is 6.07 Å². The van der Waals surface area contributed by atoms with Gasteiger partial charge in [-0.25, -0.2) is 9.18 Å². The van der Waals surface area contributed by atoms with E-state index in [4.69, 9.17) is 9.84 Å². The van der Waals surface area contributed by atoms with Gasteiger partial charge in [0.15, 0.2) is 6.10 Å². The zero-order valence-electron chi connectivity index (χ0n) is 12.3. The number of nitrogens with zero attached hydrogens (tertiary/aromatic N) is 1. The highest BCUT2D eigenvalue weighted by Crippen LogP contribution is 2.35. The van der Waals surface area contributed by atoms with Crippen LogP contribution in [0.4, 0.5) is 10.1 Å². The van der Waals surface area contributed by atoms with E-state index in [1.807, 2.05) is 0 Å². The molecule has 0 aliphatic carbocycles. The van der Waals surface area contributed by atoms with Crippen LogP contribution in [0.2, 0.25) is 0 Å². The van der Waals surface area contributed by atoms with Gasteiger partial charge >= 0.3 is 5.97 Å². The number of aromatic carboxylic acids is 1. The van der Waals surface area contributed by atoms with Gasteiger partial charge in [-0.05, 0) is 36.8 Å². The maximum atomic E-state index is 13.5. The summed E-state index contributed by atoms with van der Waals surface area (Å²) >= 11 is 0. The number of rotatable bonds is 3. The number of carboxylic acid groups (broad SMARTS) is 1. The van der Waals surface area contributed by atoms with Gasteiger partial charge in [-0.15, -0.1) is 0 Å². The van der Waals surface area contributed by atoms with Crippen molar-refractivity contribution in [2.24, 2.45) is 0 Å². The maximum absolute atomic E-state index is 13.5. The number of carbonyl (C=O) groups excluding carboxylic acids is 1. The normalized spacial score (nSPS) is 16.7. The molecule has 1 amide bonds. The zero-order chi connectivity index (χ0) is 16.6. The number of amides is 1. The van der Waals surface area contributed by atoms with Crippen molar-refractivity contribution in [3.8, 4) is 5.75 Å². The van der Waals surface area contributed by atoms with Crippen LogP contribution in [0.15, 0.2) is 42.5 Å². The number of benzene rings is 2. The summed E-state index contributed by atoms with van der Waals surface area (Å²) < 4.78 is 19.0. The summed E-state index contributed by atoms with van der Waals surface area (Å²) in [6, 6.07) is 10.2. The first-order valence-corrected chi connectivity index (χ1v) is 7.05. The number of fused-ring (bicyclic) bond motifs is 1. The third kappa shape index (κ3) is 2.88. The largest absolute Gasteiger partial charge is 0.479 e. The zero-order valence-corrected chi connectivity index (χ0v) is 12.3. The monoisotopic (exact) mass is 315 g/mol. The van der Waals surface area contributed by atoms with Crippen LogP contribution in [-0.2, 0) is 11.3 Å². The number of anilines is 1. The molecule has 5 nitrogen and oxygen atoms in total. The standard InChI is InChI=1S/C17H14FNO4/c1-10-16(20)19(14-8-13(18)6-7-15(14)23-10)9-11-2-4-12(5-3-11)17(21)22/h2-8,10H,9H2,1H3,(H,21,22)/t10-/m0/s1. The van der Waals surface area contributed by atoms with E-state index in [-0.39, 0.29) is 18.0 Å². The number of carbonyl (C=O) groups is 2. The van der Waals surface area contributed by atoms with Crippen LogP contribution in [0.1, 0.15) is 22.8 Å². The molecule has 0 fully saturated rings. The van der Waals surface area contributed by atoms with Gasteiger partial charge in [0.05, 0.1) is 17.8 Å². The van der Waals surface area contributed by atoms with Gasteiger partial charge in [-0.3, -0.25) is 4.79 Å². The number of ether oxygens (including phenoxy) is 1. The Kier molecular flexibility index (Phi) is 3.73. The third-order valence-corrected chi connectivity index (χ3v) is 3.67. The molecule has 1 atom stereocenters. The molecule has 0 radical (unpaired) electrons. The first-order chi connectivity index (χ1) is 11.0. The van der Waals surface area contributed by atoms with Crippen LogP contribution in [0.5, 0.6) is 5.75 Å². The third-order valence-electron chi connectivity index (χ3n) is 3.67. The second-order valence-electron chi connectivity index (χ2n) is 5.30. The number of halogens is 1. The highest BCUT2D eigenvalue weighted by molar-refractivity contribution is 5.99. The molecule has 0 bridgehead atoms. The molecule has 0 unspecified atom stereocenters. The van der Waals surface area contributed by atoms with Crippen LogP contribution in [0, 0.1) is 5.82 Å². The minimum Gasteiger partial charge on any atom is -0.479 e. The van der Waals surface area contributed by atoms with E-state index in [0.29, 0.717) is 11.4 Å². The lowest BCUT2D eigenvalue weighted by Gasteiger charge is -2.33. The lowest BCUT2D eigenvalue weighted by Crippen LogP contribution is -2.44. The predicted molar refractivity (Wildman–Crippen MR) is 81.1 cm³/mol. The quantitative estimate of drug-likeness (QED) is 0.946. The highest BCUT2D eigenvalue weighted by atomic mass is 19.1. The molecule has 1 aliphatic heterocycles. The fourth-order valence-corrected chi connectivity index (χ4v) is 2.48. The molecule has 0 aromatic heterocycles. The fraction of sp³-hybridized carbons (Fsp3) is 0.176. The molecule has 118 valence electrons. The number of hydrogen-bond donors (Lipinski definition) is 1. The van der Waals surface area contributed by atoms with Gasteiger partial charge in [0.1, 0.15) is 11.6 Å². The van der Waals surface area contributed by atoms with Crippen molar-refractivity contribution in [3.63, 3.8) is 0 Å². The Hall–Kier alpha value is -2.89. The Labute approximate surface area is 131 Å². The van der Waals surface area contributed by atoms with Crippen LogP contribution in [-0.4, -0.2) is 23.1 Å². The Morgan fingerprint density at radius 2 is 1.96 bits per heavy atom. The Morgan fingerprint density at radius 3 is 2.61 bits per heavy atom. The van der Waals surface area contributed by atoms with Crippen LogP contribution >= 0.6 is 0 Å². The fourth-order valence-electron chi connectivity index (χ4n) is 2.48. The highest BCUT2D eigenvalue weighted by Gasteiger charge is 2.31. The first-order valence-electron chi connectivity index (χ1n) is 7.05. The maximum Gasteiger partial charge on any atom is 0.335 e. The summed E-state index contributed by atoms with van der Waals surface area (Å²) in [5.74, 6) is -1.30. The molecule has 6 heteroatoms.